The lowest BCUT2D eigenvalue weighted by molar-refractivity contribution is -0.111. The maximum atomic E-state index is 11.1. The van der Waals surface area contributed by atoms with Gasteiger partial charge in [-0.25, -0.2) is 4.98 Å². The van der Waals surface area contributed by atoms with Gasteiger partial charge in [0, 0.05) is 49.2 Å². The Kier molecular flexibility index (Phi) is 10.5. The third-order valence-corrected chi connectivity index (χ3v) is 8.34. The number of aliphatic hydroxyl groups excluding tert-OH is 1. The molecule has 0 saturated carbocycles. The molecule has 1 N–H and O–H groups in total. The van der Waals surface area contributed by atoms with Crippen molar-refractivity contribution in [2.45, 2.75) is 52.2 Å². The van der Waals surface area contributed by atoms with Gasteiger partial charge >= 0.3 is 0 Å². The average molecular weight is 547 g/mol. The van der Waals surface area contributed by atoms with Crippen LogP contribution in [0.3, 0.4) is 0 Å². The Morgan fingerprint density at radius 2 is 1.87 bits per heavy atom. The van der Waals surface area contributed by atoms with E-state index in [0.29, 0.717) is 12.2 Å². The number of carbonyl (C=O) groups is 1. The number of thiazole rings is 1. The number of ether oxygens (including phenoxy) is 1. The Morgan fingerprint density at radius 1 is 1.10 bits per heavy atom. The van der Waals surface area contributed by atoms with Crippen molar-refractivity contribution in [2.24, 2.45) is 5.92 Å². The fourth-order valence-electron chi connectivity index (χ4n) is 5.21. The van der Waals surface area contributed by atoms with E-state index in [1.54, 1.807) is 11.3 Å². The number of likely N-dealkylation sites (tertiary alicyclic amines) is 1. The average Bonchev–Trinajstić information content (AvgIpc) is 3.49. The first-order valence-electron chi connectivity index (χ1n) is 13.7. The fourth-order valence-corrected chi connectivity index (χ4v) is 6.09. The third kappa shape index (κ3) is 7.45. The summed E-state index contributed by atoms with van der Waals surface area (Å²) in [5.41, 5.74) is 5.76. The van der Waals surface area contributed by atoms with Crippen LogP contribution in [-0.2, 0) is 17.9 Å². The molecule has 2 aromatic carbocycles. The standard InChI is InChI=1S/C30H34N4O2S.CH4O/c1-22-5-8-29(27(15-22)28-21-37-30(32-28)34-13-9-23(19-35)10-14-34)36-20-25-7-6-24(16-26(25)17-31)18-33-11-3-2-4-12-33;1-2/h5-8,15-16,19,21,23H,2-4,9-14,18,20H2,1H3;2H,1H3. The number of aldehydes is 1. The zero-order chi connectivity index (χ0) is 27.6. The van der Waals surface area contributed by atoms with Crippen molar-refractivity contribution in [3.8, 4) is 23.1 Å². The van der Waals surface area contributed by atoms with E-state index in [0.717, 1.165) is 92.2 Å². The summed E-state index contributed by atoms with van der Waals surface area (Å²) in [5, 5.41) is 19.9. The maximum absolute atomic E-state index is 11.1. The molecule has 5 rings (SSSR count). The van der Waals surface area contributed by atoms with E-state index < -0.39 is 0 Å². The minimum Gasteiger partial charge on any atom is -0.488 e. The van der Waals surface area contributed by atoms with E-state index in [1.165, 1.54) is 24.8 Å². The summed E-state index contributed by atoms with van der Waals surface area (Å²) in [6.45, 7) is 7.29. The van der Waals surface area contributed by atoms with Gasteiger partial charge < -0.3 is 19.5 Å². The number of hydrogen-bond donors (Lipinski definition) is 1. The summed E-state index contributed by atoms with van der Waals surface area (Å²) in [6, 6.07) is 14.7. The molecular formula is C31H38N4O3S. The topological polar surface area (TPSA) is 89.7 Å². The van der Waals surface area contributed by atoms with Crippen LogP contribution >= 0.6 is 11.3 Å². The Bertz CT molecular complexity index is 1270. The normalized spacial score (nSPS) is 16.2. The predicted octanol–water partition coefficient (Wildman–Crippen LogP) is 5.58. The monoisotopic (exact) mass is 546 g/mol. The molecule has 206 valence electrons. The number of nitrogens with zero attached hydrogens (tertiary/aromatic N) is 4. The molecule has 2 aliphatic heterocycles. The Morgan fingerprint density at radius 3 is 2.59 bits per heavy atom. The van der Waals surface area contributed by atoms with Gasteiger partial charge in [0.15, 0.2) is 5.13 Å². The lowest BCUT2D eigenvalue weighted by atomic mass is 9.99. The molecule has 3 aromatic rings. The molecule has 0 amide bonds. The number of nitriles is 1. The van der Waals surface area contributed by atoms with Crippen LogP contribution in [0, 0.1) is 24.2 Å². The maximum Gasteiger partial charge on any atom is 0.185 e. The van der Waals surface area contributed by atoms with Gasteiger partial charge in [-0.3, -0.25) is 4.90 Å². The summed E-state index contributed by atoms with van der Waals surface area (Å²) < 4.78 is 6.30. The molecule has 39 heavy (non-hydrogen) atoms. The van der Waals surface area contributed by atoms with E-state index in [-0.39, 0.29) is 5.92 Å². The van der Waals surface area contributed by atoms with Crippen molar-refractivity contribution in [1.29, 1.82) is 5.26 Å². The van der Waals surface area contributed by atoms with Crippen LogP contribution in [0.25, 0.3) is 11.3 Å². The Labute approximate surface area is 235 Å². The van der Waals surface area contributed by atoms with Crippen LogP contribution in [0.2, 0.25) is 0 Å². The minimum atomic E-state index is 0.171. The fraction of sp³-hybridized carbons (Fsp3) is 0.452. The molecule has 1 aromatic heterocycles. The molecule has 0 bridgehead atoms. The van der Waals surface area contributed by atoms with Crippen LogP contribution in [0.15, 0.2) is 41.8 Å². The summed E-state index contributed by atoms with van der Waals surface area (Å²) in [4.78, 5) is 20.8. The van der Waals surface area contributed by atoms with E-state index in [2.05, 4.69) is 40.3 Å². The predicted molar refractivity (Wildman–Crippen MR) is 156 cm³/mol. The van der Waals surface area contributed by atoms with Crippen LogP contribution in [0.1, 0.15) is 54.4 Å². The number of aromatic nitrogens is 1. The number of rotatable bonds is 8. The molecule has 3 heterocycles. The lowest BCUT2D eigenvalue weighted by Crippen LogP contribution is -2.33. The van der Waals surface area contributed by atoms with Crippen LogP contribution in [0.5, 0.6) is 5.75 Å². The van der Waals surface area contributed by atoms with Gasteiger partial charge in [0.25, 0.3) is 0 Å². The highest BCUT2D eigenvalue weighted by Crippen LogP contribution is 2.36. The van der Waals surface area contributed by atoms with Crippen LogP contribution in [0.4, 0.5) is 5.13 Å². The Balaban J connectivity index is 0.00000172. The van der Waals surface area contributed by atoms with Crippen molar-refractivity contribution in [1.82, 2.24) is 9.88 Å². The van der Waals surface area contributed by atoms with Crippen molar-refractivity contribution in [3.63, 3.8) is 0 Å². The number of aryl methyl sites for hydroxylation is 1. The van der Waals surface area contributed by atoms with E-state index in [9.17, 15) is 10.1 Å². The van der Waals surface area contributed by atoms with Crippen molar-refractivity contribution in [2.75, 3.05) is 38.2 Å². The van der Waals surface area contributed by atoms with Gasteiger partial charge in [-0.15, -0.1) is 11.3 Å². The van der Waals surface area contributed by atoms with Gasteiger partial charge in [0.1, 0.15) is 18.6 Å². The van der Waals surface area contributed by atoms with Gasteiger partial charge in [-0.2, -0.15) is 5.26 Å². The molecule has 0 unspecified atom stereocenters. The number of carbonyl (C=O) groups excluding carboxylic acids is 1. The number of anilines is 1. The molecular weight excluding hydrogens is 508 g/mol. The molecule has 7 nitrogen and oxygen atoms in total. The molecule has 2 saturated heterocycles. The summed E-state index contributed by atoms with van der Waals surface area (Å²) >= 11 is 1.63. The van der Waals surface area contributed by atoms with Gasteiger partial charge in [-0.05, 0) is 69.5 Å². The highest BCUT2D eigenvalue weighted by atomic mass is 32.1. The van der Waals surface area contributed by atoms with Gasteiger partial charge in [0.05, 0.1) is 17.3 Å². The summed E-state index contributed by atoms with van der Waals surface area (Å²) in [7, 11) is 1.00. The van der Waals surface area contributed by atoms with E-state index in [1.807, 2.05) is 24.3 Å². The quantitative estimate of drug-likeness (QED) is 0.369. The van der Waals surface area contributed by atoms with E-state index in [4.69, 9.17) is 14.8 Å². The molecule has 2 fully saturated rings. The zero-order valence-electron chi connectivity index (χ0n) is 22.9. The third-order valence-electron chi connectivity index (χ3n) is 7.44. The Hall–Kier alpha value is -3.25. The van der Waals surface area contributed by atoms with Crippen molar-refractivity contribution < 1.29 is 14.6 Å². The smallest absolute Gasteiger partial charge is 0.185 e. The number of piperidine rings is 2. The van der Waals surface area contributed by atoms with Crippen molar-refractivity contribution >= 4 is 22.8 Å². The molecule has 0 aliphatic carbocycles. The minimum absolute atomic E-state index is 0.171. The molecule has 8 heteroatoms. The first kappa shape index (κ1) is 28.8. The molecule has 0 radical (unpaired) electrons. The van der Waals surface area contributed by atoms with Crippen LogP contribution in [-0.4, -0.2) is 54.6 Å². The number of benzene rings is 2. The SMILES string of the molecule is CO.Cc1ccc(OCc2ccc(CN3CCCCC3)cc2C#N)c(-c2csc(N3CCC(C=O)CC3)n2)c1. The molecule has 0 spiro atoms. The van der Waals surface area contributed by atoms with Crippen LogP contribution < -0.4 is 9.64 Å². The largest absolute Gasteiger partial charge is 0.488 e. The summed E-state index contributed by atoms with van der Waals surface area (Å²) in [6.07, 6.45) is 6.69. The second-order valence-corrected chi connectivity index (χ2v) is 11.0. The highest BCUT2D eigenvalue weighted by Gasteiger charge is 2.22. The first-order chi connectivity index (χ1) is 19.1. The number of aliphatic hydroxyl groups is 1. The van der Waals surface area contributed by atoms with Gasteiger partial charge in [0.2, 0.25) is 0 Å². The molecule has 0 atom stereocenters. The number of hydrogen-bond acceptors (Lipinski definition) is 8. The lowest BCUT2D eigenvalue weighted by Gasteiger charge is -2.29. The van der Waals surface area contributed by atoms with Crippen molar-refractivity contribution in [3.05, 3.63) is 64.0 Å². The first-order valence-corrected chi connectivity index (χ1v) is 14.6. The summed E-state index contributed by atoms with van der Waals surface area (Å²) in [5.74, 6) is 0.938. The second kappa shape index (κ2) is 14.2. The second-order valence-electron chi connectivity index (χ2n) is 10.2. The zero-order valence-corrected chi connectivity index (χ0v) is 23.8. The van der Waals surface area contributed by atoms with Gasteiger partial charge in [-0.1, -0.05) is 30.2 Å². The molecule has 2 aliphatic rings. The van der Waals surface area contributed by atoms with E-state index >= 15 is 0 Å². The highest BCUT2D eigenvalue weighted by molar-refractivity contribution is 7.14.